The Morgan fingerprint density at radius 1 is 1.57 bits per heavy atom. The first-order chi connectivity index (χ1) is 6.57. The summed E-state index contributed by atoms with van der Waals surface area (Å²) in [7, 11) is 0. The monoisotopic (exact) mass is 198 g/mol. The van der Waals surface area contributed by atoms with Crippen molar-refractivity contribution in [2.75, 3.05) is 6.61 Å². The van der Waals surface area contributed by atoms with Gasteiger partial charge >= 0.3 is 5.97 Å². The molecular formula is C10H14O4. The first kappa shape index (κ1) is 10.9. The molecule has 0 aromatic rings. The average molecular weight is 198 g/mol. The normalized spacial score (nSPS) is 26.0. The van der Waals surface area contributed by atoms with Gasteiger partial charge in [-0.15, -0.1) is 0 Å². The molecule has 3 N–H and O–H groups in total. The minimum Gasteiger partial charge on any atom is -0.478 e. The Bertz CT molecular complexity index is 280. The molecule has 1 unspecified atom stereocenters. The predicted molar refractivity (Wildman–Crippen MR) is 50.7 cm³/mol. The van der Waals surface area contributed by atoms with Gasteiger partial charge in [0.2, 0.25) is 0 Å². The number of aliphatic hydroxyl groups excluding tert-OH is 1. The summed E-state index contributed by atoms with van der Waals surface area (Å²) in [5.41, 5.74) is -0.777. The van der Waals surface area contributed by atoms with Gasteiger partial charge in [0.1, 0.15) is 0 Å². The van der Waals surface area contributed by atoms with E-state index in [9.17, 15) is 9.90 Å². The van der Waals surface area contributed by atoms with Gasteiger partial charge in [-0.05, 0) is 25.3 Å². The van der Waals surface area contributed by atoms with E-state index in [2.05, 4.69) is 0 Å². The zero-order chi connectivity index (χ0) is 10.6. The average Bonchev–Trinajstić information content (AvgIpc) is 2.16. The molecule has 1 rings (SSSR count). The van der Waals surface area contributed by atoms with Crippen LogP contribution >= 0.6 is 0 Å². The van der Waals surface area contributed by atoms with Crippen LogP contribution in [-0.2, 0) is 4.79 Å². The summed E-state index contributed by atoms with van der Waals surface area (Å²) in [5, 5.41) is 27.1. The summed E-state index contributed by atoms with van der Waals surface area (Å²) in [5.74, 6) is -0.981. The summed E-state index contributed by atoms with van der Waals surface area (Å²) in [6.07, 6.45) is 5.65. The molecule has 0 spiro atoms. The number of carboxylic acids is 1. The summed E-state index contributed by atoms with van der Waals surface area (Å²) in [4.78, 5) is 10.5. The van der Waals surface area contributed by atoms with E-state index in [4.69, 9.17) is 10.2 Å². The van der Waals surface area contributed by atoms with Crippen LogP contribution in [0, 0.1) is 0 Å². The van der Waals surface area contributed by atoms with Gasteiger partial charge in [-0.25, -0.2) is 4.79 Å². The molecule has 0 heterocycles. The van der Waals surface area contributed by atoms with Crippen LogP contribution in [0.5, 0.6) is 0 Å². The summed E-state index contributed by atoms with van der Waals surface area (Å²) in [6, 6.07) is 0. The van der Waals surface area contributed by atoms with Crippen molar-refractivity contribution in [2.45, 2.75) is 24.9 Å². The number of rotatable bonds is 4. The van der Waals surface area contributed by atoms with Crippen molar-refractivity contribution in [3.05, 3.63) is 23.8 Å². The minimum absolute atomic E-state index is 0.0334. The fourth-order valence-electron chi connectivity index (χ4n) is 1.40. The predicted octanol–water partition coefficient (Wildman–Crippen LogP) is 0.461. The van der Waals surface area contributed by atoms with Crippen LogP contribution in [0.3, 0.4) is 0 Å². The second-order valence-corrected chi connectivity index (χ2v) is 3.43. The number of aliphatic hydroxyl groups is 2. The Labute approximate surface area is 82.2 Å². The highest BCUT2D eigenvalue weighted by atomic mass is 16.4. The number of hydrogen-bond donors (Lipinski definition) is 3. The minimum atomic E-state index is -0.984. The van der Waals surface area contributed by atoms with Gasteiger partial charge < -0.3 is 15.3 Å². The van der Waals surface area contributed by atoms with Crippen LogP contribution < -0.4 is 0 Å². The van der Waals surface area contributed by atoms with Crippen molar-refractivity contribution in [3.8, 4) is 0 Å². The molecule has 4 heteroatoms. The van der Waals surface area contributed by atoms with Gasteiger partial charge in [0, 0.05) is 6.61 Å². The summed E-state index contributed by atoms with van der Waals surface area (Å²) >= 11 is 0. The van der Waals surface area contributed by atoms with E-state index in [1.54, 1.807) is 0 Å². The Morgan fingerprint density at radius 2 is 2.29 bits per heavy atom. The lowest BCUT2D eigenvalue weighted by Crippen LogP contribution is -2.27. The molecule has 78 valence electrons. The SMILES string of the molecule is O=C(O)C1=CCC(O)(CCCO)C=C1. The first-order valence-electron chi connectivity index (χ1n) is 4.53. The van der Waals surface area contributed by atoms with E-state index in [1.165, 1.54) is 18.2 Å². The Morgan fingerprint density at radius 3 is 2.71 bits per heavy atom. The maximum absolute atomic E-state index is 10.5. The number of aliphatic carboxylic acids is 1. The van der Waals surface area contributed by atoms with Gasteiger partial charge in [0.15, 0.2) is 0 Å². The topological polar surface area (TPSA) is 77.8 Å². The lowest BCUT2D eigenvalue weighted by molar-refractivity contribution is -0.132. The van der Waals surface area contributed by atoms with Crippen LogP contribution in [0.15, 0.2) is 23.8 Å². The first-order valence-corrected chi connectivity index (χ1v) is 4.53. The number of hydrogen-bond acceptors (Lipinski definition) is 3. The third kappa shape index (κ3) is 2.68. The van der Waals surface area contributed by atoms with Crippen molar-refractivity contribution < 1.29 is 20.1 Å². The molecule has 1 atom stereocenters. The van der Waals surface area contributed by atoms with Crippen LogP contribution in [0.2, 0.25) is 0 Å². The van der Waals surface area contributed by atoms with E-state index < -0.39 is 11.6 Å². The Hall–Kier alpha value is -1.13. The van der Waals surface area contributed by atoms with Crippen LogP contribution in [0.1, 0.15) is 19.3 Å². The molecule has 0 saturated carbocycles. The van der Waals surface area contributed by atoms with Crippen LogP contribution in [0.4, 0.5) is 0 Å². The molecule has 0 bridgehead atoms. The Kier molecular flexibility index (Phi) is 3.43. The molecule has 0 amide bonds. The summed E-state index contributed by atoms with van der Waals surface area (Å²) in [6.45, 7) is 0.0334. The smallest absolute Gasteiger partial charge is 0.335 e. The molecular weight excluding hydrogens is 184 g/mol. The molecule has 0 aliphatic heterocycles. The Balaban J connectivity index is 2.58. The van der Waals surface area contributed by atoms with Crippen molar-refractivity contribution in [1.82, 2.24) is 0 Å². The zero-order valence-electron chi connectivity index (χ0n) is 7.81. The highest BCUT2D eigenvalue weighted by Gasteiger charge is 2.25. The fourth-order valence-corrected chi connectivity index (χ4v) is 1.40. The zero-order valence-corrected chi connectivity index (χ0v) is 7.81. The van der Waals surface area contributed by atoms with E-state index in [0.717, 1.165) is 0 Å². The molecule has 14 heavy (non-hydrogen) atoms. The third-order valence-electron chi connectivity index (χ3n) is 2.26. The highest BCUT2D eigenvalue weighted by Crippen LogP contribution is 2.25. The maximum atomic E-state index is 10.5. The van der Waals surface area contributed by atoms with Crippen molar-refractivity contribution >= 4 is 5.97 Å². The van der Waals surface area contributed by atoms with Crippen LogP contribution in [-0.4, -0.2) is 33.5 Å². The third-order valence-corrected chi connectivity index (χ3v) is 2.26. The van der Waals surface area contributed by atoms with Gasteiger partial charge in [-0.2, -0.15) is 0 Å². The molecule has 1 aliphatic rings. The fraction of sp³-hybridized carbons (Fsp3) is 0.500. The van der Waals surface area contributed by atoms with Crippen molar-refractivity contribution in [2.24, 2.45) is 0 Å². The molecule has 0 fully saturated rings. The molecule has 4 nitrogen and oxygen atoms in total. The summed E-state index contributed by atoms with van der Waals surface area (Å²) < 4.78 is 0. The van der Waals surface area contributed by atoms with Crippen LogP contribution in [0.25, 0.3) is 0 Å². The number of carboxylic acid groups (broad SMARTS) is 1. The molecule has 0 aromatic carbocycles. The second kappa shape index (κ2) is 4.39. The van der Waals surface area contributed by atoms with Gasteiger partial charge in [0.05, 0.1) is 11.2 Å². The molecule has 1 aliphatic carbocycles. The molecule has 0 saturated heterocycles. The van der Waals surface area contributed by atoms with Crippen molar-refractivity contribution in [3.63, 3.8) is 0 Å². The largest absolute Gasteiger partial charge is 0.478 e. The highest BCUT2D eigenvalue weighted by molar-refractivity contribution is 5.90. The lowest BCUT2D eigenvalue weighted by Gasteiger charge is -2.25. The standard InChI is InChI=1S/C10H14O4/c11-7-1-4-10(14)5-2-8(3-6-10)9(12)13/h2-3,5,11,14H,1,4,6-7H2,(H,12,13). The van der Waals surface area contributed by atoms with E-state index in [1.807, 2.05) is 0 Å². The second-order valence-electron chi connectivity index (χ2n) is 3.43. The molecule has 0 aromatic heterocycles. The quantitative estimate of drug-likeness (QED) is 0.613. The molecule has 0 radical (unpaired) electrons. The van der Waals surface area contributed by atoms with E-state index in [-0.39, 0.29) is 12.2 Å². The van der Waals surface area contributed by atoms with Crippen molar-refractivity contribution in [1.29, 1.82) is 0 Å². The van der Waals surface area contributed by atoms with Gasteiger partial charge in [0.25, 0.3) is 0 Å². The van der Waals surface area contributed by atoms with Gasteiger partial charge in [-0.1, -0.05) is 12.2 Å². The lowest BCUT2D eigenvalue weighted by atomic mass is 9.88. The van der Waals surface area contributed by atoms with E-state index >= 15 is 0 Å². The van der Waals surface area contributed by atoms with E-state index in [0.29, 0.717) is 19.3 Å². The number of carbonyl (C=O) groups is 1. The maximum Gasteiger partial charge on any atom is 0.335 e. The van der Waals surface area contributed by atoms with Gasteiger partial charge in [-0.3, -0.25) is 0 Å².